The summed E-state index contributed by atoms with van der Waals surface area (Å²) in [5.74, 6) is -0.685. The number of nitrogens with zero attached hydrogens (tertiary/aromatic N) is 1. The van der Waals surface area contributed by atoms with Gasteiger partial charge in [-0.3, -0.25) is 9.52 Å². The standard InChI is InChI=1S/C14H16F2N4O4S/c1-8-3-4-9(5-10(8)20-25(2,22)23)13(21)18-11-6-17-19-14(11)24-7-12(15)16/h3-6,12,20H,7H2,1-2H3,(H,17,19)(H,18,21). The first kappa shape index (κ1) is 18.6. The lowest BCUT2D eigenvalue weighted by Gasteiger charge is -2.11. The second-order valence-electron chi connectivity index (χ2n) is 5.17. The molecule has 1 amide bonds. The Balaban J connectivity index is 2.16. The van der Waals surface area contributed by atoms with Gasteiger partial charge in [-0.25, -0.2) is 22.3 Å². The molecule has 0 saturated heterocycles. The van der Waals surface area contributed by atoms with Crippen LogP contribution in [0.4, 0.5) is 20.2 Å². The van der Waals surface area contributed by atoms with Crippen LogP contribution in [0.25, 0.3) is 0 Å². The number of rotatable bonds is 7. The monoisotopic (exact) mass is 374 g/mol. The van der Waals surface area contributed by atoms with Crippen LogP contribution in [-0.2, 0) is 10.0 Å². The Morgan fingerprint density at radius 1 is 1.36 bits per heavy atom. The zero-order chi connectivity index (χ0) is 18.6. The third kappa shape index (κ3) is 5.41. The summed E-state index contributed by atoms with van der Waals surface area (Å²) in [6, 6.07) is 4.44. The largest absolute Gasteiger partial charge is 0.470 e. The Morgan fingerprint density at radius 2 is 2.08 bits per heavy atom. The molecule has 1 aromatic heterocycles. The average molecular weight is 374 g/mol. The van der Waals surface area contributed by atoms with Gasteiger partial charge in [0.05, 0.1) is 18.1 Å². The smallest absolute Gasteiger partial charge is 0.272 e. The van der Waals surface area contributed by atoms with Gasteiger partial charge in [0.25, 0.3) is 12.3 Å². The number of amides is 1. The van der Waals surface area contributed by atoms with E-state index in [9.17, 15) is 22.0 Å². The van der Waals surface area contributed by atoms with E-state index < -0.39 is 29.0 Å². The summed E-state index contributed by atoms with van der Waals surface area (Å²) in [4.78, 5) is 12.3. The number of aromatic nitrogens is 2. The molecule has 0 saturated carbocycles. The van der Waals surface area contributed by atoms with Gasteiger partial charge in [-0.2, -0.15) is 5.10 Å². The molecular formula is C14H16F2N4O4S. The van der Waals surface area contributed by atoms with Crippen LogP contribution in [0.1, 0.15) is 15.9 Å². The fourth-order valence-electron chi connectivity index (χ4n) is 1.89. The second kappa shape index (κ2) is 7.47. The highest BCUT2D eigenvalue weighted by Crippen LogP contribution is 2.23. The lowest BCUT2D eigenvalue weighted by Crippen LogP contribution is -2.15. The maximum atomic E-state index is 12.3. The number of halogens is 2. The minimum absolute atomic E-state index is 0.0869. The van der Waals surface area contributed by atoms with E-state index >= 15 is 0 Å². The normalized spacial score (nSPS) is 11.4. The summed E-state index contributed by atoms with van der Waals surface area (Å²) in [7, 11) is -3.50. The molecular weight excluding hydrogens is 358 g/mol. The van der Waals surface area contributed by atoms with Gasteiger partial charge >= 0.3 is 0 Å². The van der Waals surface area contributed by atoms with Gasteiger partial charge in [0.15, 0.2) is 6.61 Å². The van der Waals surface area contributed by atoms with Crippen molar-refractivity contribution in [2.45, 2.75) is 13.3 Å². The van der Waals surface area contributed by atoms with Gasteiger partial charge in [-0.1, -0.05) is 6.07 Å². The van der Waals surface area contributed by atoms with Gasteiger partial charge in [0.2, 0.25) is 15.9 Å². The van der Waals surface area contributed by atoms with E-state index in [2.05, 4.69) is 20.2 Å². The van der Waals surface area contributed by atoms with Crippen LogP contribution in [0, 0.1) is 6.92 Å². The number of aromatic amines is 1. The van der Waals surface area contributed by atoms with Gasteiger partial charge in [0.1, 0.15) is 5.69 Å². The maximum Gasteiger partial charge on any atom is 0.272 e. The Morgan fingerprint density at radius 3 is 2.72 bits per heavy atom. The van der Waals surface area contributed by atoms with Crippen LogP contribution in [0.5, 0.6) is 5.88 Å². The van der Waals surface area contributed by atoms with Crippen LogP contribution < -0.4 is 14.8 Å². The summed E-state index contributed by atoms with van der Waals surface area (Å²) >= 11 is 0. The van der Waals surface area contributed by atoms with Gasteiger partial charge in [0, 0.05) is 5.56 Å². The molecule has 0 unspecified atom stereocenters. The summed E-state index contributed by atoms with van der Waals surface area (Å²) in [5, 5.41) is 8.44. The number of hydrogen-bond acceptors (Lipinski definition) is 5. The quantitative estimate of drug-likeness (QED) is 0.686. The molecule has 0 fully saturated rings. The first-order chi connectivity index (χ1) is 11.7. The predicted octanol–water partition coefficient (Wildman–Crippen LogP) is 1.99. The highest BCUT2D eigenvalue weighted by atomic mass is 32.2. The molecule has 0 atom stereocenters. The minimum Gasteiger partial charge on any atom is -0.470 e. The zero-order valence-corrected chi connectivity index (χ0v) is 14.2. The number of aryl methyl sites for hydroxylation is 1. The number of benzene rings is 1. The van der Waals surface area contributed by atoms with E-state index in [0.717, 1.165) is 6.26 Å². The molecule has 2 aromatic rings. The number of H-pyrrole nitrogens is 1. The van der Waals surface area contributed by atoms with Crippen molar-refractivity contribution in [3.05, 3.63) is 35.5 Å². The average Bonchev–Trinajstić information content (AvgIpc) is 2.93. The molecule has 0 spiro atoms. The number of ether oxygens (including phenoxy) is 1. The van der Waals surface area contributed by atoms with E-state index in [1.54, 1.807) is 13.0 Å². The molecule has 136 valence electrons. The van der Waals surface area contributed by atoms with Gasteiger partial charge < -0.3 is 10.1 Å². The summed E-state index contributed by atoms with van der Waals surface area (Å²) in [5.41, 5.74) is 1.14. The summed E-state index contributed by atoms with van der Waals surface area (Å²) in [6.45, 7) is 0.833. The van der Waals surface area contributed by atoms with E-state index in [1.807, 2.05) is 0 Å². The van der Waals surface area contributed by atoms with Crippen LogP contribution in [-0.4, -0.2) is 43.8 Å². The van der Waals surface area contributed by atoms with Crippen molar-refractivity contribution in [1.82, 2.24) is 10.2 Å². The minimum atomic E-state index is -3.50. The molecule has 11 heteroatoms. The van der Waals surface area contributed by atoms with Crippen LogP contribution >= 0.6 is 0 Å². The Kier molecular flexibility index (Phi) is 5.57. The van der Waals surface area contributed by atoms with Gasteiger partial charge in [-0.15, -0.1) is 0 Å². The fourth-order valence-corrected chi connectivity index (χ4v) is 2.51. The third-order valence-electron chi connectivity index (χ3n) is 3.00. The van der Waals surface area contributed by atoms with Crippen LogP contribution in [0.15, 0.2) is 24.4 Å². The molecule has 8 nitrogen and oxygen atoms in total. The fraction of sp³-hybridized carbons (Fsp3) is 0.286. The lowest BCUT2D eigenvalue weighted by atomic mass is 10.1. The molecule has 2 rings (SSSR count). The Bertz CT molecular complexity index is 867. The van der Waals surface area contributed by atoms with Crippen molar-refractivity contribution >= 4 is 27.3 Å². The van der Waals surface area contributed by atoms with Crippen molar-refractivity contribution in [2.75, 3.05) is 22.9 Å². The van der Waals surface area contributed by atoms with E-state index in [4.69, 9.17) is 4.74 Å². The SMILES string of the molecule is Cc1ccc(C(=O)Nc2cn[nH]c2OCC(F)F)cc1NS(C)(=O)=O. The van der Waals surface area contributed by atoms with E-state index in [0.29, 0.717) is 5.56 Å². The maximum absolute atomic E-state index is 12.3. The molecule has 0 aliphatic heterocycles. The number of alkyl halides is 2. The molecule has 0 aliphatic carbocycles. The first-order valence-electron chi connectivity index (χ1n) is 7.00. The molecule has 25 heavy (non-hydrogen) atoms. The van der Waals surface area contributed by atoms with Crippen LogP contribution in [0.2, 0.25) is 0 Å². The van der Waals surface area contributed by atoms with Crippen molar-refractivity contribution in [3.63, 3.8) is 0 Å². The number of anilines is 2. The summed E-state index contributed by atoms with van der Waals surface area (Å²) < 4.78 is 54.2. The number of sulfonamides is 1. The van der Waals surface area contributed by atoms with Crippen molar-refractivity contribution < 1.29 is 26.7 Å². The lowest BCUT2D eigenvalue weighted by molar-refractivity contribution is 0.0798. The zero-order valence-electron chi connectivity index (χ0n) is 13.3. The molecule has 1 heterocycles. The van der Waals surface area contributed by atoms with Gasteiger partial charge in [-0.05, 0) is 24.6 Å². The molecule has 0 aliphatic rings. The van der Waals surface area contributed by atoms with E-state index in [-0.39, 0.29) is 22.8 Å². The number of nitrogens with one attached hydrogen (secondary N) is 3. The van der Waals surface area contributed by atoms with Crippen molar-refractivity contribution in [2.24, 2.45) is 0 Å². The summed E-state index contributed by atoms with van der Waals surface area (Å²) in [6.07, 6.45) is -0.464. The first-order valence-corrected chi connectivity index (χ1v) is 8.89. The number of carbonyl (C=O) groups excluding carboxylic acids is 1. The number of carbonyl (C=O) groups is 1. The Labute approximate surface area is 142 Å². The molecule has 3 N–H and O–H groups in total. The molecule has 0 bridgehead atoms. The third-order valence-corrected chi connectivity index (χ3v) is 3.59. The van der Waals surface area contributed by atoms with Crippen molar-refractivity contribution in [1.29, 1.82) is 0 Å². The second-order valence-corrected chi connectivity index (χ2v) is 6.92. The van der Waals surface area contributed by atoms with Crippen molar-refractivity contribution in [3.8, 4) is 5.88 Å². The topological polar surface area (TPSA) is 113 Å². The Hall–Kier alpha value is -2.69. The van der Waals surface area contributed by atoms with Crippen LogP contribution in [0.3, 0.4) is 0 Å². The molecule has 0 radical (unpaired) electrons. The van der Waals surface area contributed by atoms with E-state index in [1.165, 1.54) is 18.3 Å². The highest BCUT2D eigenvalue weighted by Gasteiger charge is 2.15. The predicted molar refractivity (Wildman–Crippen MR) is 87.7 cm³/mol. The number of hydrogen-bond donors (Lipinski definition) is 3. The highest BCUT2D eigenvalue weighted by molar-refractivity contribution is 7.92. The molecule has 1 aromatic carbocycles.